The van der Waals surface area contributed by atoms with E-state index in [9.17, 15) is 23.9 Å². The Kier molecular flexibility index (Phi) is 5.96. The number of rotatable bonds is 7. The minimum absolute atomic E-state index is 0.0504. The van der Waals surface area contributed by atoms with Gasteiger partial charge in [0.05, 0.1) is 10.5 Å². The molecule has 1 atom stereocenters. The number of nitro groups is 1. The van der Waals surface area contributed by atoms with Gasteiger partial charge in [0.15, 0.2) is 0 Å². The van der Waals surface area contributed by atoms with Gasteiger partial charge in [-0.3, -0.25) is 19.1 Å². The highest BCUT2D eigenvalue weighted by molar-refractivity contribution is 7.84. The maximum atomic E-state index is 12.1. The Bertz CT molecular complexity index is 835. The number of hydrogen-bond acceptors (Lipinski definition) is 5. The van der Waals surface area contributed by atoms with Crippen molar-refractivity contribution < 1.29 is 23.8 Å². The summed E-state index contributed by atoms with van der Waals surface area (Å²) in [5.74, 6) is -1.80. The third-order valence-electron chi connectivity index (χ3n) is 3.16. The number of non-ortho nitro benzene ring substituents is 1. The quantitative estimate of drug-likeness (QED) is 0.574. The van der Waals surface area contributed by atoms with Gasteiger partial charge in [-0.15, -0.1) is 0 Å². The summed E-state index contributed by atoms with van der Waals surface area (Å²) in [6, 6.07) is 11.3. The first-order valence-electron chi connectivity index (χ1n) is 7.06. The van der Waals surface area contributed by atoms with Crippen molar-refractivity contribution in [2.24, 2.45) is 0 Å². The molecule has 25 heavy (non-hydrogen) atoms. The number of carbonyl (C=O) groups excluding carboxylic acids is 1. The summed E-state index contributed by atoms with van der Waals surface area (Å²) >= 11 is 0. The lowest BCUT2D eigenvalue weighted by Crippen LogP contribution is -2.20. The molecule has 0 aromatic heterocycles. The van der Waals surface area contributed by atoms with E-state index in [4.69, 9.17) is 5.11 Å². The Morgan fingerprint density at radius 3 is 2.44 bits per heavy atom. The van der Waals surface area contributed by atoms with Gasteiger partial charge in [-0.05, 0) is 29.8 Å². The van der Waals surface area contributed by atoms with Gasteiger partial charge >= 0.3 is 5.97 Å². The van der Waals surface area contributed by atoms with Crippen molar-refractivity contribution in [2.75, 3.05) is 11.1 Å². The molecule has 0 radical (unpaired) electrons. The molecule has 0 aliphatic rings. The lowest BCUT2D eigenvalue weighted by atomic mass is 10.1. The van der Waals surface area contributed by atoms with E-state index in [-0.39, 0.29) is 22.8 Å². The van der Waals surface area contributed by atoms with Gasteiger partial charge in [-0.25, -0.2) is 4.79 Å². The molecule has 130 valence electrons. The Morgan fingerprint density at radius 2 is 1.84 bits per heavy atom. The summed E-state index contributed by atoms with van der Waals surface area (Å²) in [6.45, 7) is 0. The molecule has 2 N–H and O–H groups in total. The van der Waals surface area contributed by atoms with E-state index in [0.717, 1.165) is 0 Å². The minimum Gasteiger partial charge on any atom is -0.478 e. The molecule has 0 saturated heterocycles. The molecule has 1 amide bonds. The predicted molar refractivity (Wildman–Crippen MR) is 91.8 cm³/mol. The van der Waals surface area contributed by atoms with Crippen LogP contribution in [0.3, 0.4) is 0 Å². The van der Waals surface area contributed by atoms with Crippen molar-refractivity contribution in [3.05, 3.63) is 69.8 Å². The topological polar surface area (TPSA) is 127 Å². The number of nitrogens with zero attached hydrogens (tertiary/aromatic N) is 1. The molecule has 0 saturated carbocycles. The first kappa shape index (κ1) is 18.3. The highest BCUT2D eigenvalue weighted by Crippen LogP contribution is 2.15. The van der Waals surface area contributed by atoms with Crippen LogP contribution in [0.4, 0.5) is 11.4 Å². The number of nitrogens with one attached hydrogen (secondary N) is 1. The van der Waals surface area contributed by atoms with E-state index >= 15 is 0 Å². The zero-order chi connectivity index (χ0) is 18.4. The van der Waals surface area contributed by atoms with Crippen molar-refractivity contribution in [3.8, 4) is 0 Å². The van der Waals surface area contributed by atoms with Crippen molar-refractivity contribution in [1.29, 1.82) is 0 Å². The second-order valence-corrected chi connectivity index (χ2v) is 6.54. The summed E-state index contributed by atoms with van der Waals surface area (Å²) in [6.07, 6.45) is 0. The standard InChI is InChI=1S/C16H14N2O6S/c19-15(17-13-4-6-14(7-5-13)18(22)23)10-25(24)9-11-2-1-3-12(8-11)16(20)21/h1-8H,9-10H2,(H,17,19)(H,20,21). The van der Waals surface area contributed by atoms with Crippen LogP contribution in [0.15, 0.2) is 48.5 Å². The SMILES string of the molecule is O=C(CS(=O)Cc1cccc(C(=O)O)c1)Nc1ccc([N+](=O)[O-])cc1. The highest BCUT2D eigenvalue weighted by atomic mass is 32.2. The fourth-order valence-electron chi connectivity index (χ4n) is 2.04. The molecule has 0 aliphatic carbocycles. The van der Waals surface area contributed by atoms with Gasteiger partial charge in [0.1, 0.15) is 5.75 Å². The molecule has 0 spiro atoms. The number of hydrogen-bond donors (Lipinski definition) is 2. The predicted octanol–water partition coefficient (Wildman–Crippen LogP) is 2.18. The van der Waals surface area contributed by atoms with Crippen LogP contribution in [0.5, 0.6) is 0 Å². The van der Waals surface area contributed by atoms with Gasteiger partial charge in [0, 0.05) is 34.4 Å². The zero-order valence-corrected chi connectivity index (χ0v) is 13.7. The van der Waals surface area contributed by atoms with Crippen LogP contribution in [-0.2, 0) is 21.3 Å². The summed E-state index contributed by atoms with van der Waals surface area (Å²) < 4.78 is 12.1. The summed E-state index contributed by atoms with van der Waals surface area (Å²) in [5, 5.41) is 22.0. The van der Waals surface area contributed by atoms with E-state index in [1.807, 2.05) is 0 Å². The third kappa shape index (κ3) is 5.50. The number of amides is 1. The molecule has 0 heterocycles. The Balaban J connectivity index is 1.91. The van der Waals surface area contributed by atoms with Gasteiger partial charge < -0.3 is 10.4 Å². The number of carbonyl (C=O) groups is 2. The number of aromatic carboxylic acids is 1. The lowest BCUT2D eigenvalue weighted by Gasteiger charge is -2.06. The lowest BCUT2D eigenvalue weighted by molar-refractivity contribution is -0.384. The maximum absolute atomic E-state index is 12.1. The fraction of sp³-hybridized carbons (Fsp3) is 0.125. The fourth-order valence-corrected chi connectivity index (χ4v) is 3.06. The van der Waals surface area contributed by atoms with Crippen molar-refractivity contribution in [3.63, 3.8) is 0 Å². The van der Waals surface area contributed by atoms with Crippen LogP contribution in [0.25, 0.3) is 0 Å². The van der Waals surface area contributed by atoms with E-state index in [1.165, 1.54) is 36.4 Å². The Hall–Kier alpha value is -3.07. The van der Waals surface area contributed by atoms with Gasteiger partial charge in [0.2, 0.25) is 5.91 Å². The molecule has 1 unspecified atom stereocenters. The van der Waals surface area contributed by atoms with E-state index in [1.54, 1.807) is 12.1 Å². The average Bonchev–Trinajstić information content (AvgIpc) is 2.55. The van der Waals surface area contributed by atoms with Crippen LogP contribution in [0.1, 0.15) is 15.9 Å². The summed E-state index contributed by atoms with van der Waals surface area (Å²) in [7, 11) is -1.52. The number of anilines is 1. The van der Waals surface area contributed by atoms with Crippen LogP contribution in [0.2, 0.25) is 0 Å². The smallest absolute Gasteiger partial charge is 0.335 e. The van der Waals surface area contributed by atoms with E-state index in [2.05, 4.69) is 5.32 Å². The van der Waals surface area contributed by atoms with Gasteiger partial charge in [-0.2, -0.15) is 0 Å². The van der Waals surface area contributed by atoms with Crippen molar-refractivity contribution in [2.45, 2.75) is 5.75 Å². The molecule has 0 bridgehead atoms. The van der Waals surface area contributed by atoms with Crippen molar-refractivity contribution >= 4 is 34.1 Å². The van der Waals surface area contributed by atoms with E-state index < -0.39 is 27.6 Å². The second kappa shape index (κ2) is 8.15. The van der Waals surface area contributed by atoms with Gasteiger partial charge in [-0.1, -0.05) is 12.1 Å². The van der Waals surface area contributed by atoms with Crippen LogP contribution < -0.4 is 5.32 Å². The van der Waals surface area contributed by atoms with Crippen LogP contribution >= 0.6 is 0 Å². The average molecular weight is 362 g/mol. The van der Waals surface area contributed by atoms with Gasteiger partial charge in [0.25, 0.3) is 5.69 Å². The summed E-state index contributed by atoms with van der Waals surface area (Å²) in [5.41, 5.74) is 0.909. The number of carboxylic acid groups (broad SMARTS) is 1. The molecule has 2 aromatic carbocycles. The third-order valence-corrected chi connectivity index (χ3v) is 4.40. The first-order valence-corrected chi connectivity index (χ1v) is 8.55. The van der Waals surface area contributed by atoms with Crippen LogP contribution in [-0.4, -0.2) is 31.9 Å². The molecule has 2 rings (SSSR count). The molecular formula is C16H14N2O6S. The number of carboxylic acids is 1. The molecular weight excluding hydrogens is 348 g/mol. The second-order valence-electron chi connectivity index (χ2n) is 5.09. The van der Waals surface area contributed by atoms with E-state index in [0.29, 0.717) is 11.3 Å². The summed E-state index contributed by atoms with van der Waals surface area (Å²) in [4.78, 5) is 32.8. The van der Waals surface area contributed by atoms with Crippen LogP contribution in [0, 0.1) is 10.1 Å². The molecule has 0 fully saturated rings. The zero-order valence-electron chi connectivity index (χ0n) is 12.9. The Morgan fingerprint density at radius 1 is 1.16 bits per heavy atom. The van der Waals surface area contributed by atoms with Crippen molar-refractivity contribution in [1.82, 2.24) is 0 Å². The molecule has 0 aliphatic heterocycles. The first-order chi connectivity index (χ1) is 11.8. The monoisotopic (exact) mass is 362 g/mol. The minimum atomic E-state index is -1.52. The number of nitro benzene ring substituents is 1. The Labute approximate surface area is 145 Å². The number of benzene rings is 2. The normalized spacial score (nSPS) is 11.5. The highest BCUT2D eigenvalue weighted by Gasteiger charge is 2.12. The maximum Gasteiger partial charge on any atom is 0.335 e. The molecule has 2 aromatic rings. The molecule has 8 nitrogen and oxygen atoms in total. The molecule has 9 heteroatoms. The largest absolute Gasteiger partial charge is 0.478 e.